The Balaban J connectivity index is 2.02. The van der Waals surface area contributed by atoms with Crippen molar-refractivity contribution >= 4 is 11.5 Å². The zero-order chi connectivity index (χ0) is 14.8. The van der Waals surface area contributed by atoms with Crippen LogP contribution in [0, 0.1) is 6.92 Å². The fraction of sp³-hybridized carbons (Fsp3) is 0.353. The number of aryl methyl sites for hydroxylation is 1. The second kappa shape index (κ2) is 5.53. The minimum Gasteiger partial charge on any atom is -0.397 e. The molecule has 0 fully saturated rings. The van der Waals surface area contributed by atoms with E-state index in [1.807, 2.05) is 19.1 Å². The van der Waals surface area contributed by atoms with Crippen molar-refractivity contribution in [1.82, 2.24) is 4.98 Å². The average molecular weight is 269 g/mol. The van der Waals surface area contributed by atoms with Crippen LogP contribution in [0.2, 0.25) is 0 Å². The number of pyridine rings is 1. The fourth-order valence-corrected chi connectivity index (χ4v) is 1.99. The van der Waals surface area contributed by atoms with E-state index in [0.717, 1.165) is 23.7 Å². The quantitative estimate of drug-likeness (QED) is 0.889. The highest BCUT2D eigenvalue weighted by Crippen LogP contribution is 2.22. The van der Waals surface area contributed by atoms with Gasteiger partial charge in [-0.25, -0.2) is 4.98 Å². The maximum atomic E-state index is 5.76. The first-order valence-electron chi connectivity index (χ1n) is 6.93. The van der Waals surface area contributed by atoms with Crippen LogP contribution in [0.15, 0.2) is 36.4 Å². The molecule has 1 aromatic heterocycles. The van der Waals surface area contributed by atoms with Gasteiger partial charge in [0.15, 0.2) is 0 Å². The number of hydrogen-bond donors (Lipinski definition) is 2. The Bertz CT molecular complexity index is 580. The molecule has 0 saturated heterocycles. The molecule has 0 amide bonds. The Morgan fingerprint density at radius 1 is 1.05 bits per heavy atom. The molecule has 0 unspecified atom stereocenters. The first-order valence-corrected chi connectivity index (χ1v) is 6.93. The molecule has 106 valence electrons. The van der Waals surface area contributed by atoms with Gasteiger partial charge in [0.05, 0.1) is 11.4 Å². The topological polar surface area (TPSA) is 50.9 Å². The number of nitrogens with one attached hydrogen (secondary N) is 1. The van der Waals surface area contributed by atoms with Crippen LogP contribution in [0.25, 0.3) is 0 Å². The predicted molar refractivity (Wildman–Crippen MR) is 85.9 cm³/mol. The van der Waals surface area contributed by atoms with Crippen LogP contribution >= 0.6 is 0 Å². The number of nitrogen functional groups attached to an aromatic ring is 1. The van der Waals surface area contributed by atoms with Crippen molar-refractivity contribution in [2.75, 3.05) is 11.1 Å². The van der Waals surface area contributed by atoms with Crippen LogP contribution < -0.4 is 11.1 Å². The van der Waals surface area contributed by atoms with Crippen molar-refractivity contribution in [3.63, 3.8) is 0 Å². The van der Waals surface area contributed by atoms with Gasteiger partial charge in [-0.05, 0) is 35.6 Å². The van der Waals surface area contributed by atoms with Gasteiger partial charge in [0.2, 0.25) is 0 Å². The second-order valence-electron chi connectivity index (χ2n) is 6.17. The van der Waals surface area contributed by atoms with Crippen LogP contribution in [-0.4, -0.2) is 4.98 Å². The van der Waals surface area contributed by atoms with Gasteiger partial charge in [-0.1, -0.05) is 45.0 Å². The lowest BCUT2D eigenvalue weighted by atomic mass is 9.87. The summed E-state index contributed by atoms with van der Waals surface area (Å²) in [6.07, 6.45) is 0. The summed E-state index contributed by atoms with van der Waals surface area (Å²) >= 11 is 0. The van der Waals surface area contributed by atoms with Gasteiger partial charge in [0, 0.05) is 6.54 Å². The number of rotatable bonds is 3. The molecule has 0 radical (unpaired) electrons. The first-order chi connectivity index (χ1) is 9.36. The molecule has 20 heavy (non-hydrogen) atoms. The third-order valence-electron chi connectivity index (χ3n) is 3.42. The normalized spacial score (nSPS) is 11.4. The molecule has 3 nitrogen and oxygen atoms in total. The summed E-state index contributed by atoms with van der Waals surface area (Å²) in [5.41, 5.74) is 10.1. The van der Waals surface area contributed by atoms with Gasteiger partial charge < -0.3 is 11.1 Å². The molecule has 0 spiro atoms. The van der Waals surface area contributed by atoms with E-state index in [9.17, 15) is 0 Å². The molecule has 0 atom stereocenters. The summed E-state index contributed by atoms with van der Waals surface area (Å²) in [4.78, 5) is 4.41. The number of nitrogens with zero attached hydrogens (tertiary/aromatic N) is 1. The van der Waals surface area contributed by atoms with E-state index in [2.05, 4.69) is 55.3 Å². The van der Waals surface area contributed by atoms with Gasteiger partial charge >= 0.3 is 0 Å². The van der Waals surface area contributed by atoms with Gasteiger partial charge in [-0.15, -0.1) is 0 Å². The number of hydrogen-bond acceptors (Lipinski definition) is 3. The van der Waals surface area contributed by atoms with E-state index in [4.69, 9.17) is 5.73 Å². The van der Waals surface area contributed by atoms with Crippen molar-refractivity contribution < 1.29 is 0 Å². The summed E-state index contributed by atoms with van der Waals surface area (Å²) in [7, 11) is 0. The zero-order valence-electron chi connectivity index (χ0n) is 12.7. The largest absolute Gasteiger partial charge is 0.397 e. The molecule has 3 N–H and O–H groups in total. The van der Waals surface area contributed by atoms with Gasteiger partial charge in [-0.2, -0.15) is 0 Å². The molecule has 1 aromatic carbocycles. The predicted octanol–water partition coefficient (Wildman–Crippen LogP) is 3.88. The SMILES string of the molecule is Cc1nc(NCc2ccc(C(C)(C)C)cc2)ccc1N. The van der Waals surface area contributed by atoms with Crippen LogP contribution in [0.4, 0.5) is 11.5 Å². The molecule has 0 aliphatic carbocycles. The average Bonchev–Trinajstić information content (AvgIpc) is 2.40. The van der Waals surface area contributed by atoms with Crippen molar-refractivity contribution in [2.45, 2.75) is 39.7 Å². The minimum atomic E-state index is 0.196. The molecular weight excluding hydrogens is 246 g/mol. The summed E-state index contributed by atoms with van der Waals surface area (Å²) < 4.78 is 0. The highest BCUT2D eigenvalue weighted by Gasteiger charge is 2.12. The Labute approximate surface area is 121 Å². The number of benzene rings is 1. The van der Waals surface area contributed by atoms with Crippen molar-refractivity contribution in [1.29, 1.82) is 0 Å². The summed E-state index contributed by atoms with van der Waals surface area (Å²) in [6.45, 7) is 9.35. The minimum absolute atomic E-state index is 0.196. The summed E-state index contributed by atoms with van der Waals surface area (Å²) in [5.74, 6) is 0.858. The molecular formula is C17H23N3. The Morgan fingerprint density at radius 3 is 2.25 bits per heavy atom. The Kier molecular flexibility index (Phi) is 3.98. The van der Waals surface area contributed by atoms with Gasteiger partial charge in [0.25, 0.3) is 0 Å². The molecule has 0 aliphatic heterocycles. The number of anilines is 2. The zero-order valence-corrected chi connectivity index (χ0v) is 12.7. The highest BCUT2D eigenvalue weighted by atomic mass is 15.0. The molecule has 1 heterocycles. The third kappa shape index (κ3) is 3.50. The van der Waals surface area contributed by atoms with Crippen LogP contribution in [0.1, 0.15) is 37.6 Å². The van der Waals surface area contributed by atoms with Crippen molar-refractivity contribution in [2.24, 2.45) is 0 Å². The maximum Gasteiger partial charge on any atom is 0.126 e. The molecule has 2 aromatic rings. The lowest BCUT2D eigenvalue weighted by Crippen LogP contribution is -2.11. The third-order valence-corrected chi connectivity index (χ3v) is 3.42. The molecule has 3 heteroatoms. The number of aromatic nitrogens is 1. The lowest BCUT2D eigenvalue weighted by Gasteiger charge is -2.19. The monoisotopic (exact) mass is 269 g/mol. The Morgan fingerprint density at radius 2 is 1.70 bits per heavy atom. The Hall–Kier alpha value is -2.03. The maximum absolute atomic E-state index is 5.76. The van der Waals surface area contributed by atoms with Gasteiger partial charge in [-0.3, -0.25) is 0 Å². The standard InChI is InChI=1S/C17H23N3/c1-12-15(18)9-10-16(20-12)19-11-13-5-7-14(8-6-13)17(2,3)4/h5-10H,11,18H2,1-4H3,(H,19,20). The fourth-order valence-electron chi connectivity index (χ4n) is 1.99. The second-order valence-corrected chi connectivity index (χ2v) is 6.17. The van der Waals surface area contributed by atoms with E-state index in [0.29, 0.717) is 0 Å². The van der Waals surface area contributed by atoms with Gasteiger partial charge in [0.1, 0.15) is 5.82 Å². The smallest absolute Gasteiger partial charge is 0.126 e. The summed E-state index contributed by atoms with van der Waals surface area (Å²) in [5, 5.41) is 3.32. The lowest BCUT2D eigenvalue weighted by molar-refractivity contribution is 0.590. The van der Waals surface area contributed by atoms with E-state index in [-0.39, 0.29) is 5.41 Å². The highest BCUT2D eigenvalue weighted by molar-refractivity contribution is 5.49. The van der Waals surface area contributed by atoms with E-state index in [1.165, 1.54) is 11.1 Å². The van der Waals surface area contributed by atoms with Crippen molar-refractivity contribution in [3.8, 4) is 0 Å². The van der Waals surface area contributed by atoms with E-state index >= 15 is 0 Å². The van der Waals surface area contributed by atoms with Crippen LogP contribution in [0.3, 0.4) is 0 Å². The molecule has 2 rings (SSSR count). The van der Waals surface area contributed by atoms with E-state index < -0.39 is 0 Å². The molecule has 0 aliphatic rings. The van der Waals surface area contributed by atoms with E-state index in [1.54, 1.807) is 0 Å². The molecule has 0 saturated carbocycles. The number of nitrogens with two attached hydrogens (primary N) is 1. The van der Waals surface area contributed by atoms with Crippen molar-refractivity contribution in [3.05, 3.63) is 53.2 Å². The first kappa shape index (κ1) is 14.4. The molecule has 0 bridgehead atoms. The van der Waals surface area contributed by atoms with Crippen LogP contribution in [-0.2, 0) is 12.0 Å². The van der Waals surface area contributed by atoms with Crippen LogP contribution in [0.5, 0.6) is 0 Å². The summed E-state index contributed by atoms with van der Waals surface area (Å²) in [6, 6.07) is 12.5.